The molecule has 0 bridgehead atoms. The maximum Gasteiger partial charge on any atom is 0.264 e. The molecule has 3 aromatic carbocycles. The van der Waals surface area contributed by atoms with Gasteiger partial charge in [0.2, 0.25) is 0 Å². The smallest absolute Gasteiger partial charge is 0.264 e. The van der Waals surface area contributed by atoms with Crippen molar-refractivity contribution in [3.05, 3.63) is 83.1 Å². The van der Waals surface area contributed by atoms with Gasteiger partial charge in [-0.25, -0.2) is 12.8 Å². The SMILES string of the molecule is COc1ccc(OC)c(C(C)N(c2ccc(F)cc2)S(=O)(=O)c2ccc(Cl)cc2)c1. The van der Waals surface area contributed by atoms with Gasteiger partial charge in [-0.2, -0.15) is 0 Å². The van der Waals surface area contributed by atoms with Crippen LogP contribution in [0.3, 0.4) is 0 Å². The third-order valence-corrected chi connectivity index (χ3v) is 6.86. The van der Waals surface area contributed by atoms with Crippen LogP contribution in [0.1, 0.15) is 18.5 Å². The van der Waals surface area contributed by atoms with Gasteiger partial charge in [-0.1, -0.05) is 11.6 Å². The molecule has 0 spiro atoms. The van der Waals surface area contributed by atoms with Crippen LogP contribution in [0.4, 0.5) is 10.1 Å². The van der Waals surface area contributed by atoms with Crippen molar-refractivity contribution < 1.29 is 22.3 Å². The molecule has 8 heteroatoms. The molecule has 0 saturated carbocycles. The number of hydrogen-bond acceptors (Lipinski definition) is 4. The van der Waals surface area contributed by atoms with Crippen molar-refractivity contribution in [3.63, 3.8) is 0 Å². The molecule has 158 valence electrons. The van der Waals surface area contributed by atoms with Crippen LogP contribution < -0.4 is 13.8 Å². The fourth-order valence-electron chi connectivity index (χ4n) is 3.17. The highest BCUT2D eigenvalue weighted by molar-refractivity contribution is 7.92. The molecular weight excluding hydrogens is 429 g/mol. The second-order valence-corrected chi connectivity index (χ2v) is 8.77. The summed E-state index contributed by atoms with van der Waals surface area (Å²) < 4.78 is 52.7. The van der Waals surface area contributed by atoms with Crippen LogP contribution in [0.25, 0.3) is 0 Å². The Labute approximate surface area is 180 Å². The van der Waals surface area contributed by atoms with Gasteiger partial charge >= 0.3 is 0 Å². The van der Waals surface area contributed by atoms with Crippen molar-refractivity contribution in [2.75, 3.05) is 18.5 Å². The number of sulfonamides is 1. The van der Waals surface area contributed by atoms with E-state index in [0.717, 1.165) is 0 Å². The van der Waals surface area contributed by atoms with E-state index in [2.05, 4.69) is 0 Å². The lowest BCUT2D eigenvalue weighted by Gasteiger charge is -2.31. The van der Waals surface area contributed by atoms with Crippen molar-refractivity contribution in [1.82, 2.24) is 0 Å². The molecule has 3 rings (SSSR count). The average molecular weight is 450 g/mol. The molecule has 0 N–H and O–H groups in total. The number of methoxy groups -OCH3 is 2. The Morgan fingerprint density at radius 2 is 1.57 bits per heavy atom. The summed E-state index contributed by atoms with van der Waals surface area (Å²) in [6, 6.07) is 15.6. The molecule has 0 aliphatic rings. The van der Waals surface area contributed by atoms with Gasteiger partial charge in [0.25, 0.3) is 10.0 Å². The van der Waals surface area contributed by atoms with Crippen molar-refractivity contribution in [2.24, 2.45) is 0 Å². The van der Waals surface area contributed by atoms with Crippen molar-refractivity contribution in [3.8, 4) is 11.5 Å². The fourth-order valence-corrected chi connectivity index (χ4v) is 4.93. The third kappa shape index (κ3) is 4.37. The van der Waals surface area contributed by atoms with Crippen molar-refractivity contribution in [2.45, 2.75) is 17.9 Å². The number of hydrogen-bond donors (Lipinski definition) is 0. The molecule has 3 aromatic rings. The lowest BCUT2D eigenvalue weighted by molar-refractivity contribution is 0.396. The largest absolute Gasteiger partial charge is 0.497 e. The lowest BCUT2D eigenvalue weighted by Crippen LogP contribution is -2.34. The first-order valence-electron chi connectivity index (χ1n) is 9.05. The highest BCUT2D eigenvalue weighted by Crippen LogP contribution is 2.38. The van der Waals surface area contributed by atoms with E-state index in [4.69, 9.17) is 21.1 Å². The predicted molar refractivity (Wildman–Crippen MR) is 115 cm³/mol. The third-order valence-electron chi connectivity index (χ3n) is 4.69. The van der Waals surface area contributed by atoms with E-state index in [0.29, 0.717) is 27.8 Å². The number of benzene rings is 3. The number of nitrogens with zero attached hydrogens (tertiary/aromatic N) is 1. The second-order valence-electron chi connectivity index (χ2n) is 6.52. The van der Waals surface area contributed by atoms with E-state index in [9.17, 15) is 12.8 Å². The zero-order valence-electron chi connectivity index (χ0n) is 16.7. The Morgan fingerprint density at radius 1 is 0.933 bits per heavy atom. The standard InChI is InChI=1S/C22H21ClFNO4S/c1-15(21-14-19(28-2)10-13-22(21)29-3)25(18-8-6-17(24)7-9-18)30(26,27)20-11-4-16(23)5-12-20/h4-15H,1-3H3. The molecule has 0 aromatic heterocycles. The highest BCUT2D eigenvalue weighted by Gasteiger charge is 2.32. The van der Waals surface area contributed by atoms with E-state index < -0.39 is 21.9 Å². The summed E-state index contributed by atoms with van der Waals surface area (Å²) in [5, 5.41) is 0.421. The predicted octanol–water partition coefficient (Wildman–Crippen LogP) is 5.45. The molecular formula is C22H21ClFNO4S. The van der Waals surface area contributed by atoms with E-state index in [1.165, 1.54) is 67.1 Å². The minimum absolute atomic E-state index is 0.0601. The van der Waals surface area contributed by atoms with Gasteiger partial charge < -0.3 is 9.47 Å². The molecule has 0 fully saturated rings. The van der Waals surface area contributed by atoms with E-state index in [1.807, 2.05) is 0 Å². The van der Waals surface area contributed by atoms with Crippen LogP contribution >= 0.6 is 11.6 Å². The maximum atomic E-state index is 13.6. The molecule has 0 aliphatic carbocycles. The molecule has 0 saturated heterocycles. The van der Waals surface area contributed by atoms with Gasteiger partial charge in [0.15, 0.2) is 0 Å². The van der Waals surface area contributed by atoms with Gasteiger partial charge in [-0.05, 0) is 73.7 Å². The van der Waals surface area contributed by atoms with Gasteiger partial charge in [-0.3, -0.25) is 4.31 Å². The minimum Gasteiger partial charge on any atom is -0.497 e. The Bertz CT molecular complexity index is 1120. The first kappa shape index (κ1) is 21.9. The fraction of sp³-hybridized carbons (Fsp3) is 0.182. The molecule has 1 atom stereocenters. The van der Waals surface area contributed by atoms with Gasteiger partial charge in [0.1, 0.15) is 17.3 Å². The molecule has 1 unspecified atom stereocenters. The van der Waals surface area contributed by atoms with E-state index >= 15 is 0 Å². The van der Waals surface area contributed by atoms with Crippen LogP contribution in [0, 0.1) is 5.82 Å². The van der Waals surface area contributed by atoms with Crippen LogP contribution in [0.15, 0.2) is 71.6 Å². The van der Waals surface area contributed by atoms with E-state index in [-0.39, 0.29) is 4.90 Å². The number of rotatable bonds is 7. The summed E-state index contributed by atoms with van der Waals surface area (Å²) in [6.45, 7) is 1.73. The Morgan fingerprint density at radius 3 is 2.13 bits per heavy atom. The van der Waals surface area contributed by atoms with Crippen molar-refractivity contribution in [1.29, 1.82) is 0 Å². The number of anilines is 1. The topological polar surface area (TPSA) is 55.8 Å². The molecule has 0 radical (unpaired) electrons. The molecule has 5 nitrogen and oxygen atoms in total. The van der Waals surface area contributed by atoms with Crippen LogP contribution in [0.5, 0.6) is 11.5 Å². The van der Waals surface area contributed by atoms with Gasteiger partial charge in [0.05, 0.1) is 30.8 Å². The van der Waals surface area contributed by atoms with Crippen LogP contribution in [0.2, 0.25) is 5.02 Å². The Kier molecular flexibility index (Phi) is 6.53. The summed E-state index contributed by atoms with van der Waals surface area (Å²) in [5.74, 6) is 0.594. The normalized spacial score (nSPS) is 12.3. The zero-order chi connectivity index (χ0) is 21.9. The van der Waals surface area contributed by atoms with Gasteiger partial charge in [-0.15, -0.1) is 0 Å². The summed E-state index contributed by atoms with van der Waals surface area (Å²) in [5.41, 5.74) is 0.905. The second kappa shape index (κ2) is 8.93. The quantitative estimate of drug-likeness (QED) is 0.481. The van der Waals surface area contributed by atoms with Crippen molar-refractivity contribution >= 4 is 27.3 Å². The summed E-state index contributed by atoms with van der Waals surface area (Å²) in [4.78, 5) is 0.0601. The first-order valence-corrected chi connectivity index (χ1v) is 10.9. The average Bonchev–Trinajstić information content (AvgIpc) is 2.74. The molecule has 0 amide bonds. The monoisotopic (exact) mass is 449 g/mol. The zero-order valence-corrected chi connectivity index (χ0v) is 18.2. The maximum absolute atomic E-state index is 13.6. The minimum atomic E-state index is -4.02. The number of halogens is 2. The van der Waals surface area contributed by atoms with Gasteiger partial charge in [0, 0.05) is 10.6 Å². The summed E-state index contributed by atoms with van der Waals surface area (Å²) >= 11 is 5.93. The highest BCUT2D eigenvalue weighted by atomic mass is 35.5. The molecule has 30 heavy (non-hydrogen) atoms. The Hall–Kier alpha value is -2.77. The first-order chi connectivity index (χ1) is 14.3. The summed E-state index contributed by atoms with van der Waals surface area (Å²) in [7, 11) is -0.986. The Balaban J connectivity index is 2.20. The molecule has 0 aliphatic heterocycles. The summed E-state index contributed by atoms with van der Waals surface area (Å²) in [6.07, 6.45) is 0. The van der Waals surface area contributed by atoms with Crippen LogP contribution in [-0.4, -0.2) is 22.6 Å². The van der Waals surface area contributed by atoms with E-state index in [1.54, 1.807) is 25.1 Å². The number of ether oxygens (including phenoxy) is 2. The lowest BCUT2D eigenvalue weighted by atomic mass is 10.1. The molecule has 0 heterocycles. The van der Waals surface area contributed by atoms with Crippen LogP contribution in [-0.2, 0) is 10.0 Å².